The number of benzene rings is 2. The summed E-state index contributed by atoms with van der Waals surface area (Å²) in [5, 5.41) is 2.03. The van der Waals surface area contributed by atoms with E-state index in [4.69, 9.17) is 5.73 Å². The first-order valence-electron chi connectivity index (χ1n) is 9.91. The normalized spacial score (nSPS) is 18.5. The van der Waals surface area contributed by atoms with E-state index in [9.17, 15) is 14.0 Å². The van der Waals surface area contributed by atoms with Crippen LogP contribution < -0.4 is 5.73 Å². The number of carbonyl (C=O) groups excluding carboxylic acids is 2. The minimum Gasteiger partial charge on any atom is -0.369 e. The van der Waals surface area contributed by atoms with Gasteiger partial charge in [0.1, 0.15) is 5.82 Å². The SMILES string of the molecule is NC(=O)[C@@]1(Cc2ccccc2-c2cccs2)CCN(C(=O)Cc2ccc(F)cc2)C1. The second-order valence-corrected chi connectivity index (χ2v) is 8.77. The van der Waals surface area contributed by atoms with Crippen LogP contribution in [-0.2, 0) is 22.4 Å². The summed E-state index contributed by atoms with van der Waals surface area (Å²) in [7, 11) is 0. The molecule has 1 aliphatic rings. The summed E-state index contributed by atoms with van der Waals surface area (Å²) in [5.74, 6) is -0.777. The molecular formula is C24H23FN2O2S. The molecule has 0 spiro atoms. The van der Waals surface area contributed by atoms with E-state index in [-0.39, 0.29) is 24.1 Å². The molecule has 2 amide bonds. The van der Waals surface area contributed by atoms with Gasteiger partial charge in [-0.15, -0.1) is 11.3 Å². The molecule has 3 aromatic rings. The van der Waals surface area contributed by atoms with Gasteiger partial charge in [-0.05, 0) is 53.1 Å². The number of nitrogens with zero attached hydrogens (tertiary/aromatic N) is 1. The van der Waals surface area contributed by atoms with E-state index in [0.29, 0.717) is 25.9 Å². The standard InChI is InChI=1S/C24H23FN2O2S/c25-19-9-7-17(8-10-19)14-22(28)27-12-11-24(16-27,23(26)29)15-18-4-1-2-5-20(18)21-6-3-13-30-21/h1-10,13H,11-12,14-16H2,(H2,26,29)/t24-/m1/s1. The average molecular weight is 423 g/mol. The highest BCUT2D eigenvalue weighted by Gasteiger charge is 2.45. The van der Waals surface area contributed by atoms with Gasteiger partial charge < -0.3 is 10.6 Å². The molecule has 0 bridgehead atoms. The van der Waals surface area contributed by atoms with E-state index >= 15 is 0 Å². The Hall–Kier alpha value is -2.99. The number of hydrogen-bond acceptors (Lipinski definition) is 3. The van der Waals surface area contributed by atoms with Crippen molar-refractivity contribution in [2.75, 3.05) is 13.1 Å². The third-order valence-electron chi connectivity index (χ3n) is 5.83. The summed E-state index contributed by atoms with van der Waals surface area (Å²) in [6.07, 6.45) is 1.22. The number of nitrogens with two attached hydrogens (primary N) is 1. The van der Waals surface area contributed by atoms with Crippen LogP contribution in [0.4, 0.5) is 4.39 Å². The van der Waals surface area contributed by atoms with E-state index in [1.165, 1.54) is 12.1 Å². The van der Waals surface area contributed by atoms with Crippen LogP contribution >= 0.6 is 11.3 Å². The zero-order valence-corrected chi connectivity index (χ0v) is 17.3. The van der Waals surface area contributed by atoms with Crippen LogP contribution in [0.2, 0.25) is 0 Å². The lowest BCUT2D eigenvalue weighted by molar-refractivity contribution is -0.131. The molecular weight excluding hydrogens is 399 g/mol. The van der Waals surface area contributed by atoms with Crippen LogP contribution in [0.25, 0.3) is 10.4 Å². The van der Waals surface area contributed by atoms with Crippen LogP contribution in [0, 0.1) is 11.2 Å². The summed E-state index contributed by atoms with van der Waals surface area (Å²) in [6.45, 7) is 0.797. The Morgan fingerprint density at radius 3 is 2.53 bits per heavy atom. The Morgan fingerprint density at radius 2 is 1.83 bits per heavy atom. The first-order chi connectivity index (χ1) is 14.5. The molecule has 6 heteroatoms. The maximum absolute atomic E-state index is 13.1. The van der Waals surface area contributed by atoms with E-state index < -0.39 is 5.41 Å². The van der Waals surface area contributed by atoms with Gasteiger partial charge in [-0.1, -0.05) is 42.5 Å². The zero-order chi connectivity index (χ0) is 21.1. The molecule has 30 heavy (non-hydrogen) atoms. The van der Waals surface area contributed by atoms with E-state index in [2.05, 4.69) is 12.1 Å². The molecule has 4 nitrogen and oxygen atoms in total. The Labute approximate surface area is 179 Å². The number of halogens is 1. The smallest absolute Gasteiger partial charge is 0.227 e. The second kappa shape index (κ2) is 8.40. The lowest BCUT2D eigenvalue weighted by atomic mass is 9.79. The van der Waals surface area contributed by atoms with Crippen LogP contribution in [0.3, 0.4) is 0 Å². The number of rotatable bonds is 6. The lowest BCUT2D eigenvalue weighted by Crippen LogP contribution is -2.42. The molecule has 1 fully saturated rings. The number of amides is 2. The predicted octanol–water partition coefficient (Wildman–Crippen LogP) is 4.04. The Balaban J connectivity index is 1.53. The number of hydrogen-bond donors (Lipinski definition) is 1. The van der Waals surface area contributed by atoms with Gasteiger partial charge in [0.15, 0.2) is 0 Å². The fraction of sp³-hybridized carbons (Fsp3) is 0.250. The summed E-state index contributed by atoms with van der Waals surface area (Å²) < 4.78 is 13.1. The van der Waals surface area contributed by atoms with Crippen molar-refractivity contribution in [1.82, 2.24) is 4.90 Å². The largest absolute Gasteiger partial charge is 0.369 e. The Morgan fingerprint density at radius 1 is 1.07 bits per heavy atom. The van der Waals surface area contributed by atoms with Gasteiger partial charge in [0.05, 0.1) is 11.8 Å². The van der Waals surface area contributed by atoms with Gasteiger partial charge in [-0.2, -0.15) is 0 Å². The van der Waals surface area contributed by atoms with Crippen molar-refractivity contribution in [3.8, 4) is 10.4 Å². The summed E-state index contributed by atoms with van der Waals surface area (Å²) in [5.41, 5.74) is 7.99. The Kier molecular flexibility index (Phi) is 5.68. The number of thiophene rings is 1. The first-order valence-corrected chi connectivity index (χ1v) is 10.8. The summed E-state index contributed by atoms with van der Waals surface area (Å²) in [6, 6.07) is 18.0. The van der Waals surface area contributed by atoms with E-state index in [1.54, 1.807) is 28.4 Å². The molecule has 2 heterocycles. The van der Waals surface area contributed by atoms with Gasteiger partial charge in [0.25, 0.3) is 0 Å². The lowest BCUT2D eigenvalue weighted by Gasteiger charge is -2.27. The van der Waals surface area contributed by atoms with Crippen LogP contribution in [0.5, 0.6) is 0 Å². The van der Waals surface area contributed by atoms with Crippen molar-refractivity contribution >= 4 is 23.2 Å². The van der Waals surface area contributed by atoms with Crippen molar-refractivity contribution in [3.63, 3.8) is 0 Å². The van der Waals surface area contributed by atoms with Crippen molar-refractivity contribution in [2.45, 2.75) is 19.3 Å². The number of primary amides is 1. The van der Waals surface area contributed by atoms with Crippen LogP contribution in [0.1, 0.15) is 17.5 Å². The molecule has 0 saturated carbocycles. The van der Waals surface area contributed by atoms with Crippen molar-refractivity contribution in [1.29, 1.82) is 0 Å². The third-order valence-corrected chi connectivity index (χ3v) is 6.73. The highest BCUT2D eigenvalue weighted by Crippen LogP contribution is 2.38. The fourth-order valence-electron chi connectivity index (χ4n) is 4.12. The van der Waals surface area contributed by atoms with E-state index in [1.807, 2.05) is 29.6 Å². The minimum atomic E-state index is -0.786. The topological polar surface area (TPSA) is 63.4 Å². The molecule has 2 N–H and O–H groups in total. The molecule has 0 aliphatic carbocycles. The molecule has 0 unspecified atom stereocenters. The van der Waals surface area contributed by atoms with Crippen LogP contribution in [-0.4, -0.2) is 29.8 Å². The molecule has 1 saturated heterocycles. The maximum atomic E-state index is 13.1. The third kappa shape index (κ3) is 4.14. The van der Waals surface area contributed by atoms with Crippen molar-refractivity contribution in [3.05, 3.63) is 83.0 Å². The van der Waals surface area contributed by atoms with Crippen LogP contribution in [0.15, 0.2) is 66.0 Å². The highest BCUT2D eigenvalue weighted by atomic mass is 32.1. The second-order valence-electron chi connectivity index (χ2n) is 7.82. The highest BCUT2D eigenvalue weighted by molar-refractivity contribution is 7.13. The van der Waals surface area contributed by atoms with Crippen molar-refractivity contribution < 1.29 is 14.0 Å². The van der Waals surface area contributed by atoms with Crippen molar-refractivity contribution in [2.24, 2.45) is 11.1 Å². The van der Waals surface area contributed by atoms with E-state index in [0.717, 1.165) is 21.6 Å². The molecule has 1 atom stereocenters. The zero-order valence-electron chi connectivity index (χ0n) is 16.5. The molecule has 1 aromatic heterocycles. The van der Waals surface area contributed by atoms with Gasteiger partial charge in [-0.25, -0.2) is 4.39 Å². The monoisotopic (exact) mass is 422 g/mol. The van der Waals surface area contributed by atoms with Gasteiger partial charge >= 0.3 is 0 Å². The molecule has 4 rings (SSSR count). The quantitative estimate of drug-likeness (QED) is 0.652. The minimum absolute atomic E-state index is 0.0729. The summed E-state index contributed by atoms with van der Waals surface area (Å²) in [4.78, 5) is 28.2. The van der Waals surface area contributed by atoms with Gasteiger partial charge in [0, 0.05) is 18.0 Å². The molecule has 154 valence electrons. The maximum Gasteiger partial charge on any atom is 0.227 e. The Bertz CT molecular complexity index is 1050. The summed E-state index contributed by atoms with van der Waals surface area (Å²) >= 11 is 1.66. The number of likely N-dealkylation sites (tertiary alicyclic amines) is 1. The van der Waals surface area contributed by atoms with Gasteiger partial charge in [-0.3, -0.25) is 9.59 Å². The molecule has 1 aliphatic heterocycles. The predicted molar refractivity (Wildman–Crippen MR) is 116 cm³/mol. The molecule has 0 radical (unpaired) electrons. The van der Waals surface area contributed by atoms with Gasteiger partial charge in [0.2, 0.25) is 11.8 Å². The number of carbonyl (C=O) groups is 2. The fourth-order valence-corrected chi connectivity index (χ4v) is 4.90. The average Bonchev–Trinajstić information content (AvgIpc) is 3.41. The first kappa shape index (κ1) is 20.3. The molecule has 2 aromatic carbocycles.